The Morgan fingerprint density at radius 1 is 1.09 bits per heavy atom. The number of carbonyl (C=O) groups is 1. The van der Waals surface area contributed by atoms with E-state index in [2.05, 4.69) is 43.8 Å². The van der Waals surface area contributed by atoms with Gasteiger partial charge in [0, 0.05) is 5.56 Å². The van der Waals surface area contributed by atoms with Gasteiger partial charge in [0.25, 0.3) is 5.91 Å². The van der Waals surface area contributed by atoms with Crippen molar-refractivity contribution in [1.82, 2.24) is 10.9 Å². The maximum atomic E-state index is 12.3. The monoisotopic (exact) mass is 323 g/mol. The van der Waals surface area contributed by atoms with Crippen LogP contribution in [0.2, 0.25) is 0 Å². The molecule has 0 aliphatic rings. The van der Waals surface area contributed by atoms with E-state index >= 15 is 0 Å². The highest BCUT2D eigenvalue weighted by atomic mass is 32.1. The van der Waals surface area contributed by atoms with E-state index in [1.165, 1.54) is 0 Å². The molecule has 0 aromatic heterocycles. The molecule has 0 bridgehead atoms. The summed E-state index contributed by atoms with van der Waals surface area (Å²) in [5.74, 6) is -0.510. The molecule has 0 unspecified atom stereocenters. The van der Waals surface area contributed by atoms with Crippen molar-refractivity contribution in [1.29, 1.82) is 0 Å². The molecule has 6 heteroatoms. The lowest BCUT2D eigenvalue weighted by molar-refractivity contribution is 0.0941. The number of amides is 1. The van der Waals surface area contributed by atoms with Crippen LogP contribution in [0.25, 0.3) is 0 Å². The molecule has 0 aliphatic carbocycles. The van der Waals surface area contributed by atoms with Crippen molar-refractivity contribution in [2.45, 2.75) is 52.4 Å². The maximum absolute atomic E-state index is 12.3. The number of nitrogens with two attached hydrogens (primary N) is 1. The molecular formula is C16H25N3O2S. The van der Waals surface area contributed by atoms with Gasteiger partial charge in [-0.2, -0.15) is 0 Å². The summed E-state index contributed by atoms with van der Waals surface area (Å²) in [6, 6.07) is 3.65. The molecule has 1 aromatic carbocycles. The first kappa shape index (κ1) is 18.2. The summed E-state index contributed by atoms with van der Waals surface area (Å²) in [6.45, 7) is 12.1. The van der Waals surface area contributed by atoms with Gasteiger partial charge in [0.15, 0.2) is 5.11 Å². The van der Waals surface area contributed by atoms with Crippen molar-refractivity contribution in [3.63, 3.8) is 0 Å². The van der Waals surface area contributed by atoms with Crippen LogP contribution in [0, 0.1) is 0 Å². The minimum atomic E-state index is -0.484. The summed E-state index contributed by atoms with van der Waals surface area (Å²) in [7, 11) is 0. The summed E-state index contributed by atoms with van der Waals surface area (Å²) < 4.78 is 0. The zero-order valence-electron chi connectivity index (χ0n) is 14.0. The van der Waals surface area contributed by atoms with Crippen molar-refractivity contribution >= 4 is 23.2 Å². The van der Waals surface area contributed by atoms with Crippen LogP contribution in [0.3, 0.4) is 0 Å². The fourth-order valence-corrected chi connectivity index (χ4v) is 2.05. The van der Waals surface area contributed by atoms with Gasteiger partial charge in [-0.3, -0.25) is 15.6 Å². The van der Waals surface area contributed by atoms with Gasteiger partial charge in [0.1, 0.15) is 5.75 Å². The largest absolute Gasteiger partial charge is 0.507 e. The first-order valence-electron chi connectivity index (χ1n) is 7.08. The normalized spacial score (nSPS) is 11.9. The van der Waals surface area contributed by atoms with Gasteiger partial charge in [0.05, 0.1) is 5.56 Å². The minimum absolute atomic E-state index is 0.0252. The van der Waals surface area contributed by atoms with E-state index in [4.69, 9.17) is 5.73 Å². The maximum Gasteiger partial charge on any atom is 0.273 e. The Balaban J connectivity index is 3.43. The van der Waals surface area contributed by atoms with Gasteiger partial charge in [-0.15, -0.1) is 0 Å². The van der Waals surface area contributed by atoms with Crippen LogP contribution in [0.5, 0.6) is 5.75 Å². The predicted molar refractivity (Wildman–Crippen MR) is 92.9 cm³/mol. The molecule has 0 fully saturated rings. The first-order valence-corrected chi connectivity index (χ1v) is 7.48. The fraction of sp³-hybridized carbons (Fsp3) is 0.500. The number of hydrazine groups is 1. The number of hydrogen-bond acceptors (Lipinski definition) is 3. The topological polar surface area (TPSA) is 87.4 Å². The average molecular weight is 323 g/mol. The summed E-state index contributed by atoms with van der Waals surface area (Å²) in [6.07, 6.45) is 0. The number of aromatic hydroxyl groups is 1. The van der Waals surface area contributed by atoms with Gasteiger partial charge in [-0.25, -0.2) is 0 Å². The van der Waals surface area contributed by atoms with Gasteiger partial charge in [-0.1, -0.05) is 47.6 Å². The lowest BCUT2D eigenvalue weighted by atomic mass is 9.79. The van der Waals surface area contributed by atoms with Gasteiger partial charge >= 0.3 is 0 Å². The molecule has 0 saturated heterocycles. The molecule has 0 radical (unpaired) electrons. The number of hydrogen-bond donors (Lipinski definition) is 4. The van der Waals surface area contributed by atoms with E-state index in [-0.39, 0.29) is 27.3 Å². The predicted octanol–water partition coefficient (Wildman–Crippen LogP) is 2.47. The summed E-state index contributed by atoms with van der Waals surface area (Å²) in [5, 5.41) is 10.5. The van der Waals surface area contributed by atoms with E-state index in [9.17, 15) is 9.90 Å². The second-order valence-corrected chi connectivity index (χ2v) is 7.80. The first-order chi connectivity index (χ1) is 9.84. The van der Waals surface area contributed by atoms with E-state index in [1.54, 1.807) is 6.07 Å². The average Bonchev–Trinajstić information content (AvgIpc) is 2.33. The molecule has 0 aliphatic heterocycles. The quantitative estimate of drug-likeness (QED) is 0.471. The Labute approximate surface area is 137 Å². The summed E-state index contributed by atoms with van der Waals surface area (Å²) in [5.41, 5.74) is 11.5. The number of benzene rings is 1. The van der Waals surface area contributed by atoms with Crippen LogP contribution in [0.1, 0.15) is 63.0 Å². The fourth-order valence-electron chi connectivity index (χ4n) is 2.00. The van der Waals surface area contributed by atoms with Crippen LogP contribution in [0.4, 0.5) is 0 Å². The van der Waals surface area contributed by atoms with Crippen LogP contribution >= 0.6 is 12.2 Å². The Bertz CT molecular complexity index is 599. The Morgan fingerprint density at radius 3 is 2.05 bits per heavy atom. The van der Waals surface area contributed by atoms with Crippen LogP contribution in [-0.4, -0.2) is 16.1 Å². The Morgan fingerprint density at radius 2 is 1.64 bits per heavy atom. The smallest absolute Gasteiger partial charge is 0.273 e. The van der Waals surface area contributed by atoms with Crippen molar-refractivity contribution in [2.24, 2.45) is 5.73 Å². The molecule has 5 nitrogen and oxygen atoms in total. The molecule has 0 heterocycles. The third-order valence-corrected chi connectivity index (χ3v) is 3.43. The van der Waals surface area contributed by atoms with E-state index in [0.29, 0.717) is 0 Å². The van der Waals surface area contributed by atoms with Crippen molar-refractivity contribution in [3.05, 3.63) is 28.8 Å². The zero-order valence-corrected chi connectivity index (χ0v) is 14.8. The Hall–Kier alpha value is -1.82. The number of thiocarbonyl (C=S) groups is 1. The van der Waals surface area contributed by atoms with Crippen molar-refractivity contribution in [2.75, 3.05) is 0 Å². The van der Waals surface area contributed by atoms with Gasteiger partial charge < -0.3 is 10.8 Å². The molecule has 0 spiro atoms. The van der Waals surface area contributed by atoms with Crippen LogP contribution < -0.4 is 16.6 Å². The molecule has 122 valence electrons. The summed E-state index contributed by atoms with van der Waals surface area (Å²) >= 11 is 4.66. The lowest BCUT2D eigenvalue weighted by Crippen LogP contribution is -2.44. The Kier molecular flexibility index (Phi) is 5.07. The molecule has 1 amide bonds. The van der Waals surface area contributed by atoms with Gasteiger partial charge in [-0.05, 0) is 34.7 Å². The SMILES string of the molecule is CC(C)(C)c1cc(C(=O)NNC(N)=S)c(O)c(C(C)(C)C)c1. The van der Waals surface area contributed by atoms with E-state index < -0.39 is 5.91 Å². The van der Waals surface area contributed by atoms with Crippen molar-refractivity contribution < 1.29 is 9.90 Å². The molecule has 5 N–H and O–H groups in total. The number of nitrogens with one attached hydrogen (secondary N) is 2. The highest BCUT2D eigenvalue weighted by Crippen LogP contribution is 2.37. The summed E-state index contributed by atoms with van der Waals surface area (Å²) in [4.78, 5) is 12.3. The highest BCUT2D eigenvalue weighted by molar-refractivity contribution is 7.80. The number of rotatable bonds is 1. The molecular weight excluding hydrogens is 298 g/mol. The third kappa shape index (κ3) is 4.34. The number of carbonyl (C=O) groups excluding carboxylic acids is 1. The molecule has 0 saturated carbocycles. The van der Waals surface area contributed by atoms with Crippen molar-refractivity contribution in [3.8, 4) is 5.75 Å². The minimum Gasteiger partial charge on any atom is -0.507 e. The molecule has 1 aromatic rings. The number of phenolic OH excluding ortho intramolecular Hbond substituents is 1. The lowest BCUT2D eigenvalue weighted by Gasteiger charge is -2.27. The van der Waals surface area contributed by atoms with Crippen LogP contribution in [-0.2, 0) is 10.8 Å². The molecule has 22 heavy (non-hydrogen) atoms. The van der Waals surface area contributed by atoms with Gasteiger partial charge in [0.2, 0.25) is 0 Å². The van der Waals surface area contributed by atoms with Crippen LogP contribution in [0.15, 0.2) is 12.1 Å². The molecule has 0 atom stereocenters. The molecule has 1 rings (SSSR count). The zero-order chi connectivity index (χ0) is 17.3. The number of phenols is 1. The standard InChI is InChI=1S/C16H25N3O2S/c1-15(2,3)9-7-10(13(21)18-19-14(17)22)12(20)11(8-9)16(4,5)6/h7-8,20H,1-6H3,(H,18,21)(H3,17,19,22). The third-order valence-electron chi connectivity index (χ3n) is 3.33. The second kappa shape index (κ2) is 6.12. The second-order valence-electron chi connectivity index (χ2n) is 7.36. The highest BCUT2D eigenvalue weighted by Gasteiger charge is 2.27. The van der Waals surface area contributed by atoms with E-state index in [1.807, 2.05) is 26.8 Å². The van der Waals surface area contributed by atoms with E-state index in [0.717, 1.165) is 11.1 Å².